The number of benzene rings is 1. The van der Waals surface area contributed by atoms with Gasteiger partial charge in [0.1, 0.15) is 0 Å². The second-order valence-electron chi connectivity index (χ2n) is 5.62. The van der Waals surface area contributed by atoms with Gasteiger partial charge in [0, 0.05) is 31.6 Å². The number of thiophene rings is 1. The van der Waals surface area contributed by atoms with Gasteiger partial charge in [0.05, 0.1) is 4.88 Å². The maximum atomic E-state index is 12.4. The third kappa shape index (κ3) is 3.79. The van der Waals surface area contributed by atoms with Crippen LogP contribution >= 0.6 is 11.3 Å². The largest absolute Gasteiger partial charge is 0.351 e. The van der Waals surface area contributed by atoms with Crippen molar-refractivity contribution in [2.75, 3.05) is 19.6 Å². The Bertz CT molecular complexity index is 675. The smallest absolute Gasteiger partial charge is 0.262 e. The van der Waals surface area contributed by atoms with Crippen LogP contribution in [0.5, 0.6) is 0 Å². The molecule has 23 heavy (non-hydrogen) atoms. The molecule has 5 heteroatoms. The number of hydrogen-bond acceptors (Lipinski definition) is 3. The Morgan fingerprint density at radius 2 is 1.83 bits per heavy atom. The fourth-order valence-corrected chi connectivity index (χ4v) is 3.65. The highest BCUT2D eigenvalue weighted by Gasteiger charge is 2.18. The van der Waals surface area contributed by atoms with Crippen LogP contribution < -0.4 is 5.32 Å². The second-order valence-corrected chi connectivity index (χ2v) is 6.54. The molecule has 0 radical (unpaired) electrons. The average Bonchev–Trinajstić information content (AvgIpc) is 3.27. The van der Waals surface area contributed by atoms with E-state index in [1.165, 1.54) is 11.3 Å². The molecule has 0 bridgehead atoms. The lowest BCUT2D eigenvalue weighted by atomic mass is 10.1. The summed E-state index contributed by atoms with van der Waals surface area (Å²) >= 11 is 1.43. The Kier molecular flexibility index (Phi) is 5.08. The Labute approximate surface area is 140 Å². The third-order valence-corrected chi connectivity index (χ3v) is 4.95. The molecule has 1 aliphatic rings. The van der Waals surface area contributed by atoms with E-state index < -0.39 is 0 Å². The van der Waals surface area contributed by atoms with Gasteiger partial charge < -0.3 is 10.2 Å². The Morgan fingerprint density at radius 1 is 1.09 bits per heavy atom. The van der Waals surface area contributed by atoms with Crippen LogP contribution in [0.2, 0.25) is 0 Å². The first-order valence-corrected chi connectivity index (χ1v) is 8.82. The minimum Gasteiger partial charge on any atom is -0.351 e. The maximum Gasteiger partial charge on any atom is 0.262 e. The summed E-state index contributed by atoms with van der Waals surface area (Å²) in [6.45, 7) is 2.10. The predicted molar refractivity (Wildman–Crippen MR) is 92.5 cm³/mol. The first kappa shape index (κ1) is 15.7. The van der Waals surface area contributed by atoms with E-state index in [0.717, 1.165) is 37.1 Å². The zero-order chi connectivity index (χ0) is 16.1. The van der Waals surface area contributed by atoms with Crippen molar-refractivity contribution in [2.45, 2.75) is 19.3 Å². The van der Waals surface area contributed by atoms with Gasteiger partial charge in [-0.15, -0.1) is 11.3 Å². The van der Waals surface area contributed by atoms with Gasteiger partial charge in [-0.2, -0.15) is 0 Å². The van der Waals surface area contributed by atoms with Gasteiger partial charge >= 0.3 is 0 Å². The van der Waals surface area contributed by atoms with Crippen molar-refractivity contribution in [3.05, 3.63) is 46.7 Å². The topological polar surface area (TPSA) is 49.4 Å². The minimum atomic E-state index is -0.104. The molecular formula is C18H20N2O2S. The standard InChI is InChI=1S/C18H20N2O2S/c21-16(20-11-4-5-12-20)8-10-19-18(22)17-15(9-13-23-17)14-6-2-1-3-7-14/h1-3,6-7,9,13H,4-5,8,10-12H2,(H,19,22). The van der Waals surface area contributed by atoms with Gasteiger partial charge in [-0.25, -0.2) is 0 Å². The van der Waals surface area contributed by atoms with E-state index >= 15 is 0 Å². The molecule has 1 aromatic heterocycles. The minimum absolute atomic E-state index is 0.104. The summed E-state index contributed by atoms with van der Waals surface area (Å²) in [5, 5.41) is 4.80. The molecular weight excluding hydrogens is 308 g/mol. The molecule has 0 saturated carbocycles. The van der Waals surface area contributed by atoms with Gasteiger partial charge in [0.15, 0.2) is 0 Å². The fraction of sp³-hybridized carbons (Fsp3) is 0.333. The molecule has 2 amide bonds. The summed E-state index contributed by atoms with van der Waals surface area (Å²) in [6.07, 6.45) is 2.55. The van der Waals surface area contributed by atoms with Crippen LogP contribution in [0.15, 0.2) is 41.8 Å². The summed E-state index contributed by atoms with van der Waals surface area (Å²) < 4.78 is 0. The summed E-state index contributed by atoms with van der Waals surface area (Å²) in [7, 11) is 0. The van der Waals surface area contributed by atoms with E-state index in [0.29, 0.717) is 17.8 Å². The molecule has 1 aliphatic heterocycles. The number of carbonyl (C=O) groups excluding carboxylic acids is 2. The number of amides is 2. The number of rotatable bonds is 5. The van der Waals surface area contributed by atoms with Crippen molar-refractivity contribution in [2.24, 2.45) is 0 Å². The van der Waals surface area contributed by atoms with Crippen LogP contribution in [0.3, 0.4) is 0 Å². The highest BCUT2D eigenvalue weighted by atomic mass is 32.1. The van der Waals surface area contributed by atoms with E-state index in [4.69, 9.17) is 0 Å². The lowest BCUT2D eigenvalue weighted by molar-refractivity contribution is -0.129. The average molecular weight is 328 g/mol. The van der Waals surface area contributed by atoms with Gasteiger partial charge in [0.2, 0.25) is 5.91 Å². The van der Waals surface area contributed by atoms with E-state index in [2.05, 4.69) is 5.32 Å². The summed E-state index contributed by atoms with van der Waals surface area (Å²) in [6, 6.07) is 11.8. The molecule has 2 aromatic rings. The Hall–Kier alpha value is -2.14. The molecule has 0 atom stereocenters. The monoisotopic (exact) mass is 328 g/mol. The van der Waals surface area contributed by atoms with E-state index in [1.807, 2.05) is 46.7 Å². The summed E-state index contributed by atoms with van der Waals surface area (Å²) in [5.74, 6) is 0.0327. The van der Waals surface area contributed by atoms with Gasteiger partial charge in [-0.3, -0.25) is 9.59 Å². The van der Waals surface area contributed by atoms with Crippen LogP contribution in [0, 0.1) is 0 Å². The Balaban J connectivity index is 1.57. The lowest BCUT2D eigenvalue weighted by Crippen LogP contribution is -2.32. The molecule has 2 heterocycles. The first-order chi connectivity index (χ1) is 11.3. The van der Waals surface area contributed by atoms with Crippen molar-refractivity contribution >= 4 is 23.2 Å². The zero-order valence-electron chi connectivity index (χ0n) is 13.0. The highest BCUT2D eigenvalue weighted by Crippen LogP contribution is 2.27. The Morgan fingerprint density at radius 3 is 2.57 bits per heavy atom. The molecule has 1 aromatic carbocycles. The zero-order valence-corrected chi connectivity index (χ0v) is 13.8. The van der Waals surface area contributed by atoms with E-state index in [-0.39, 0.29) is 11.8 Å². The number of hydrogen-bond donors (Lipinski definition) is 1. The number of nitrogens with one attached hydrogen (secondary N) is 1. The first-order valence-electron chi connectivity index (χ1n) is 7.94. The number of carbonyl (C=O) groups is 2. The highest BCUT2D eigenvalue weighted by molar-refractivity contribution is 7.12. The molecule has 1 N–H and O–H groups in total. The van der Waals surface area contributed by atoms with Crippen molar-refractivity contribution in [3.8, 4) is 11.1 Å². The second kappa shape index (κ2) is 7.42. The molecule has 4 nitrogen and oxygen atoms in total. The molecule has 0 aliphatic carbocycles. The van der Waals surface area contributed by atoms with Crippen LogP contribution in [0.4, 0.5) is 0 Å². The predicted octanol–water partition coefficient (Wildman–Crippen LogP) is 3.16. The molecule has 3 rings (SSSR count). The van der Waals surface area contributed by atoms with Crippen LogP contribution in [-0.4, -0.2) is 36.3 Å². The maximum absolute atomic E-state index is 12.4. The van der Waals surface area contributed by atoms with Crippen molar-refractivity contribution in [1.82, 2.24) is 10.2 Å². The molecule has 1 fully saturated rings. The number of likely N-dealkylation sites (tertiary alicyclic amines) is 1. The molecule has 0 spiro atoms. The van der Waals surface area contributed by atoms with Crippen molar-refractivity contribution in [3.63, 3.8) is 0 Å². The molecule has 120 valence electrons. The lowest BCUT2D eigenvalue weighted by Gasteiger charge is -2.15. The van der Waals surface area contributed by atoms with Crippen LogP contribution in [0.25, 0.3) is 11.1 Å². The quantitative estimate of drug-likeness (QED) is 0.916. The van der Waals surface area contributed by atoms with Crippen molar-refractivity contribution < 1.29 is 9.59 Å². The molecule has 0 unspecified atom stereocenters. The fourth-order valence-electron chi connectivity index (χ4n) is 2.82. The number of nitrogens with zero attached hydrogens (tertiary/aromatic N) is 1. The third-order valence-electron chi connectivity index (χ3n) is 4.04. The summed E-state index contributed by atoms with van der Waals surface area (Å²) in [4.78, 5) is 26.9. The van der Waals surface area contributed by atoms with Gasteiger partial charge in [-0.1, -0.05) is 30.3 Å². The molecule has 1 saturated heterocycles. The van der Waals surface area contributed by atoms with Gasteiger partial charge in [-0.05, 0) is 29.9 Å². The van der Waals surface area contributed by atoms with E-state index in [1.54, 1.807) is 0 Å². The van der Waals surface area contributed by atoms with Gasteiger partial charge in [0.25, 0.3) is 5.91 Å². The van der Waals surface area contributed by atoms with Crippen LogP contribution in [-0.2, 0) is 4.79 Å². The van der Waals surface area contributed by atoms with E-state index in [9.17, 15) is 9.59 Å². The SMILES string of the molecule is O=C(NCCC(=O)N1CCCC1)c1sccc1-c1ccccc1. The van der Waals surface area contributed by atoms with Crippen LogP contribution in [0.1, 0.15) is 28.9 Å². The normalized spacial score (nSPS) is 14.0. The summed E-state index contributed by atoms with van der Waals surface area (Å²) in [5.41, 5.74) is 1.98. The van der Waals surface area contributed by atoms with Crippen molar-refractivity contribution in [1.29, 1.82) is 0 Å².